The Labute approximate surface area is 188 Å². The summed E-state index contributed by atoms with van der Waals surface area (Å²) < 4.78 is 11.1. The number of rotatable bonds is 6. The van der Waals surface area contributed by atoms with E-state index in [0.717, 1.165) is 30.6 Å². The predicted molar refractivity (Wildman–Crippen MR) is 126 cm³/mol. The molecule has 32 heavy (non-hydrogen) atoms. The van der Waals surface area contributed by atoms with Gasteiger partial charge in [0.2, 0.25) is 11.9 Å². The Hall–Kier alpha value is -3.39. The molecule has 2 amide bonds. The number of ether oxygens (including phenoxy) is 2. The molecule has 0 unspecified atom stereocenters. The lowest BCUT2D eigenvalue weighted by Gasteiger charge is -2.16. The zero-order valence-corrected chi connectivity index (χ0v) is 19.0. The fraction of sp³-hybridized carbons (Fsp3) is 0.375. The fourth-order valence-electron chi connectivity index (χ4n) is 3.41. The van der Waals surface area contributed by atoms with Crippen LogP contribution in [-0.4, -0.2) is 44.1 Å². The normalized spacial score (nSPS) is 15.9. The van der Waals surface area contributed by atoms with Crippen molar-refractivity contribution >= 4 is 29.1 Å². The molecule has 3 rings (SSSR count). The van der Waals surface area contributed by atoms with Crippen molar-refractivity contribution < 1.29 is 19.1 Å². The van der Waals surface area contributed by atoms with Crippen LogP contribution >= 0.6 is 0 Å². The summed E-state index contributed by atoms with van der Waals surface area (Å²) in [5.41, 5.74) is 3.60. The summed E-state index contributed by atoms with van der Waals surface area (Å²) in [6.07, 6.45) is 1.99. The molecule has 1 atom stereocenters. The molecule has 1 aliphatic heterocycles. The van der Waals surface area contributed by atoms with Crippen molar-refractivity contribution in [3.8, 4) is 5.75 Å². The average Bonchev–Trinajstić information content (AvgIpc) is 3.27. The molecule has 8 nitrogen and oxygen atoms in total. The second kappa shape index (κ2) is 10.8. The summed E-state index contributed by atoms with van der Waals surface area (Å²) >= 11 is 0. The van der Waals surface area contributed by atoms with Crippen molar-refractivity contribution in [1.29, 1.82) is 0 Å². The van der Waals surface area contributed by atoms with Crippen molar-refractivity contribution in [2.45, 2.75) is 39.7 Å². The van der Waals surface area contributed by atoms with Crippen LogP contribution in [0.2, 0.25) is 0 Å². The summed E-state index contributed by atoms with van der Waals surface area (Å²) in [4.78, 5) is 29.1. The molecule has 0 radical (unpaired) electrons. The van der Waals surface area contributed by atoms with Crippen LogP contribution in [-0.2, 0) is 9.53 Å². The molecule has 1 fully saturated rings. The number of carbonyl (C=O) groups is 2. The molecule has 0 spiro atoms. The summed E-state index contributed by atoms with van der Waals surface area (Å²) in [6, 6.07) is 10.9. The molecule has 1 heterocycles. The van der Waals surface area contributed by atoms with Gasteiger partial charge in [-0.05, 0) is 62.1 Å². The summed E-state index contributed by atoms with van der Waals surface area (Å²) in [7, 11) is 1.59. The van der Waals surface area contributed by atoms with Crippen LogP contribution in [0.5, 0.6) is 5.75 Å². The van der Waals surface area contributed by atoms with Gasteiger partial charge in [0.05, 0.1) is 25.4 Å². The van der Waals surface area contributed by atoms with E-state index < -0.39 is 0 Å². The van der Waals surface area contributed by atoms with Crippen LogP contribution in [0.15, 0.2) is 41.4 Å². The SMILES string of the molecule is COc1ccc(C)cc1NC(=NC[C@H]1CCCO1)NC(=O)c1ccc(C)c(NC(C)=O)c1. The number of carbonyl (C=O) groups excluding carboxylic acids is 2. The molecule has 0 saturated carbocycles. The number of anilines is 2. The van der Waals surface area contributed by atoms with Crippen LogP contribution in [0, 0.1) is 13.8 Å². The molecule has 0 bridgehead atoms. The monoisotopic (exact) mass is 438 g/mol. The smallest absolute Gasteiger partial charge is 0.258 e. The quantitative estimate of drug-likeness (QED) is 0.472. The molecule has 2 aromatic rings. The Morgan fingerprint density at radius 2 is 1.94 bits per heavy atom. The largest absolute Gasteiger partial charge is 0.495 e. The first kappa shape index (κ1) is 23.3. The van der Waals surface area contributed by atoms with Crippen molar-refractivity contribution in [3.05, 3.63) is 53.1 Å². The number of hydrogen-bond donors (Lipinski definition) is 3. The highest BCUT2D eigenvalue weighted by molar-refractivity contribution is 6.10. The van der Waals surface area contributed by atoms with Gasteiger partial charge in [-0.3, -0.25) is 14.9 Å². The number of benzene rings is 2. The minimum absolute atomic E-state index is 0.0360. The maximum Gasteiger partial charge on any atom is 0.258 e. The number of guanidine groups is 1. The van der Waals surface area contributed by atoms with Crippen molar-refractivity contribution in [1.82, 2.24) is 5.32 Å². The highest BCUT2D eigenvalue weighted by atomic mass is 16.5. The van der Waals surface area contributed by atoms with E-state index in [9.17, 15) is 9.59 Å². The zero-order valence-electron chi connectivity index (χ0n) is 19.0. The number of nitrogens with one attached hydrogen (secondary N) is 3. The van der Waals surface area contributed by atoms with Crippen LogP contribution in [0.3, 0.4) is 0 Å². The van der Waals surface area contributed by atoms with Crippen molar-refractivity contribution in [2.75, 3.05) is 30.9 Å². The van der Waals surface area contributed by atoms with Gasteiger partial charge in [-0.15, -0.1) is 0 Å². The number of hydrogen-bond acceptors (Lipinski definition) is 5. The second-order valence-electron chi connectivity index (χ2n) is 7.82. The van der Waals surface area contributed by atoms with Gasteiger partial charge in [-0.1, -0.05) is 12.1 Å². The van der Waals surface area contributed by atoms with E-state index >= 15 is 0 Å². The van der Waals surface area contributed by atoms with Crippen molar-refractivity contribution in [2.24, 2.45) is 4.99 Å². The number of nitrogens with zero attached hydrogens (tertiary/aromatic N) is 1. The lowest BCUT2D eigenvalue weighted by Crippen LogP contribution is -2.37. The Morgan fingerprint density at radius 3 is 2.62 bits per heavy atom. The van der Waals surface area contributed by atoms with Gasteiger partial charge in [-0.2, -0.15) is 0 Å². The Morgan fingerprint density at radius 1 is 1.12 bits per heavy atom. The van der Waals surface area contributed by atoms with Gasteiger partial charge in [-0.25, -0.2) is 4.99 Å². The average molecular weight is 439 g/mol. The van der Waals surface area contributed by atoms with Crippen molar-refractivity contribution in [3.63, 3.8) is 0 Å². The number of methoxy groups -OCH3 is 1. The Kier molecular flexibility index (Phi) is 7.83. The highest BCUT2D eigenvalue weighted by Crippen LogP contribution is 2.25. The summed E-state index contributed by atoms with van der Waals surface area (Å²) in [5.74, 6) is 0.397. The lowest BCUT2D eigenvalue weighted by molar-refractivity contribution is -0.114. The standard InChI is InChI=1S/C24H30N4O4/c1-15-7-10-22(31-4)21(12-15)27-24(25-14-19-6-5-11-32-19)28-23(30)18-9-8-16(2)20(13-18)26-17(3)29/h7-10,12-13,19H,5-6,11,14H2,1-4H3,(H,26,29)(H2,25,27,28,30)/t19-/m1/s1. The van der Waals surface area contributed by atoms with E-state index in [1.807, 2.05) is 32.0 Å². The fourth-order valence-corrected chi connectivity index (χ4v) is 3.41. The van der Waals surface area contributed by atoms with Crippen LogP contribution < -0.4 is 20.7 Å². The topological polar surface area (TPSA) is 101 Å². The molecular formula is C24H30N4O4. The number of aliphatic imine (C=N–C) groups is 1. The molecule has 1 aliphatic rings. The van der Waals surface area contributed by atoms with Gasteiger partial charge < -0.3 is 20.1 Å². The van der Waals surface area contributed by atoms with E-state index in [4.69, 9.17) is 9.47 Å². The van der Waals surface area contributed by atoms with Crippen LogP contribution in [0.25, 0.3) is 0 Å². The minimum Gasteiger partial charge on any atom is -0.495 e. The maximum absolute atomic E-state index is 13.0. The summed E-state index contributed by atoms with van der Waals surface area (Å²) in [6.45, 7) is 6.44. The first-order valence-corrected chi connectivity index (χ1v) is 10.6. The first-order valence-electron chi connectivity index (χ1n) is 10.6. The molecule has 2 aromatic carbocycles. The van der Waals surface area contributed by atoms with Gasteiger partial charge in [0.1, 0.15) is 5.75 Å². The summed E-state index contributed by atoms with van der Waals surface area (Å²) in [5, 5.41) is 8.79. The molecule has 8 heteroatoms. The van der Waals surface area contributed by atoms with E-state index in [2.05, 4.69) is 20.9 Å². The predicted octanol–water partition coefficient (Wildman–Crippen LogP) is 3.65. The Balaban J connectivity index is 1.83. The second-order valence-corrected chi connectivity index (χ2v) is 7.82. The van der Waals surface area contributed by atoms with E-state index in [-0.39, 0.29) is 17.9 Å². The molecule has 1 saturated heterocycles. The number of aryl methyl sites for hydroxylation is 2. The first-order chi connectivity index (χ1) is 15.4. The third kappa shape index (κ3) is 6.31. The third-order valence-corrected chi connectivity index (χ3v) is 5.13. The van der Waals surface area contributed by atoms with E-state index in [1.54, 1.807) is 25.3 Å². The molecule has 170 valence electrons. The van der Waals surface area contributed by atoms with E-state index in [1.165, 1.54) is 6.92 Å². The van der Waals surface area contributed by atoms with Gasteiger partial charge in [0.15, 0.2) is 0 Å². The molecular weight excluding hydrogens is 408 g/mol. The minimum atomic E-state index is -0.346. The lowest BCUT2D eigenvalue weighted by atomic mass is 10.1. The molecule has 3 N–H and O–H groups in total. The van der Waals surface area contributed by atoms with E-state index in [0.29, 0.717) is 35.2 Å². The van der Waals surface area contributed by atoms with Gasteiger partial charge >= 0.3 is 0 Å². The molecule has 0 aliphatic carbocycles. The third-order valence-electron chi connectivity index (χ3n) is 5.13. The van der Waals surface area contributed by atoms with Crippen LogP contribution in [0.1, 0.15) is 41.3 Å². The van der Waals surface area contributed by atoms with Crippen LogP contribution in [0.4, 0.5) is 11.4 Å². The number of amides is 2. The molecule has 0 aromatic heterocycles. The maximum atomic E-state index is 13.0. The highest BCUT2D eigenvalue weighted by Gasteiger charge is 2.17. The Bertz CT molecular complexity index is 1010. The van der Waals surface area contributed by atoms with Gasteiger partial charge in [0.25, 0.3) is 5.91 Å². The van der Waals surface area contributed by atoms with Gasteiger partial charge in [0, 0.05) is 24.8 Å². The zero-order chi connectivity index (χ0) is 23.1.